The second-order valence-corrected chi connectivity index (χ2v) is 6.06. The van der Waals surface area contributed by atoms with Gasteiger partial charge in [0.15, 0.2) is 6.61 Å². The second-order valence-electron chi connectivity index (χ2n) is 5.66. The first-order chi connectivity index (χ1) is 11.5. The van der Waals surface area contributed by atoms with Gasteiger partial charge < -0.3 is 15.0 Å². The third-order valence-corrected chi connectivity index (χ3v) is 3.63. The topological polar surface area (TPSA) is 41.6 Å². The van der Waals surface area contributed by atoms with Crippen LogP contribution in [0.2, 0.25) is 5.02 Å². The van der Waals surface area contributed by atoms with Gasteiger partial charge in [0.1, 0.15) is 11.6 Å². The van der Waals surface area contributed by atoms with Crippen LogP contribution in [0.4, 0.5) is 4.39 Å². The fraction of sp³-hybridized carbons (Fsp3) is 0.278. The van der Waals surface area contributed by atoms with Crippen LogP contribution in [-0.4, -0.2) is 38.1 Å². The Kier molecular flexibility index (Phi) is 6.58. The van der Waals surface area contributed by atoms with Gasteiger partial charge in [-0.15, -0.1) is 0 Å². The van der Waals surface area contributed by atoms with E-state index < -0.39 is 5.82 Å². The van der Waals surface area contributed by atoms with E-state index in [4.69, 9.17) is 16.3 Å². The molecule has 1 amide bonds. The highest BCUT2D eigenvalue weighted by molar-refractivity contribution is 6.32. The van der Waals surface area contributed by atoms with Gasteiger partial charge in [0.2, 0.25) is 0 Å². The van der Waals surface area contributed by atoms with Gasteiger partial charge in [-0.3, -0.25) is 4.79 Å². The maximum Gasteiger partial charge on any atom is 0.258 e. The van der Waals surface area contributed by atoms with Gasteiger partial charge in [-0.05, 0) is 37.9 Å². The average molecular weight is 351 g/mol. The minimum Gasteiger partial charge on any atom is -0.482 e. The Balaban J connectivity index is 1.97. The molecular weight excluding hydrogens is 331 g/mol. The van der Waals surface area contributed by atoms with Gasteiger partial charge in [-0.2, -0.15) is 0 Å². The molecule has 1 N–H and O–H groups in total. The zero-order valence-corrected chi connectivity index (χ0v) is 14.4. The molecule has 6 heteroatoms. The summed E-state index contributed by atoms with van der Waals surface area (Å²) < 4.78 is 18.4. The molecular formula is C18H20ClFN2O2. The second kappa shape index (κ2) is 8.66. The molecule has 0 heterocycles. The van der Waals surface area contributed by atoms with E-state index in [0.717, 1.165) is 11.6 Å². The molecule has 4 nitrogen and oxygen atoms in total. The summed E-state index contributed by atoms with van der Waals surface area (Å²) in [4.78, 5) is 14.2. The van der Waals surface area contributed by atoms with Crippen LogP contribution in [0.15, 0.2) is 48.5 Å². The smallest absolute Gasteiger partial charge is 0.258 e. The highest BCUT2D eigenvalue weighted by atomic mass is 35.5. The number of benzene rings is 2. The van der Waals surface area contributed by atoms with Crippen LogP contribution in [0.25, 0.3) is 0 Å². The van der Waals surface area contributed by atoms with Gasteiger partial charge >= 0.3 is 0 Å². The summed E-state index contributed by atoms with van der Waals surface area (Å²) in [6, 6.07) is 13.3. The lowest BCUT2D eigenvalue weighted by Crippen LogP contribution is -2.37. The van der Waals surface area contributed by atoms with Crippen molar-refractivity contribution in [3.05, 3.63) is 64.9 Å². The maximum atomic E-state index is 13.0. The number of likely N-dealkylation sites (N-methyl/N-ethyl adjacent to an activating group) is 1. The van der Waals surface area contributed by atoms with Crippen LogP contribution in [0.5, 0.6) is 5.75 Å². The number of ether oxygens (including phenoxy) is 1. The summed E-state index contributed by atoms with van der Waals surface area (Å²) in [5.74, 6) is -0.449. The number of amides is 1. The lowest BCUT2D eigenvalue weighted by atomic mass is 10.1. The summed E-state index contributed by atoms with van der Waals surface area (Å²) in [6.07, 6.45) is 0. The predicted molar refractivity (Wildman–Crippen MR) is 92.8 cm³/mol. The van der Waals surface area contributed by atoms with Crippen LogP contribution >= 0.6 is 11.6 Å². The van der Waals surface area contributed by atoms with Crippen LogP contribution in [0.1, 0.15) is 11.6 Å². The number of nitrogens with one attached hydrogen (secondary N) is 1. The zero-order valence-electron chi connectivity index (χ0n) is 13.6. The van der Waals surface area contributed by atoms with Gasteiger partial charge in [-0.1, -0.05) is 41.9 Å². The molecule has 2 rings (SSSR count). The van der Waals surface area contributed by atoms with Crippen molar-refractivity contribution in [1.29, 1.82) is 0 Å². The van der Waals surface area contributed by atoms with E-state index in [0.29, 0.717) is 6.54 Å². The first-order valence-corrected chi connectivity index (χ1v) is 7.90. The van der Waals surface area contributed by atoms with E-state index in [9.17, 15) is 9.18 Å². The van der Waals surface area contributed by atoms with E-state index >= 15 is 0 Å². The van der Waals surface area contributed by atoms with Crippen molar-refractivity contribution in [3.8, 4) is 5.75 Å². The molecule has 1 atom stereocenters. The summed E-state index contributed by atoms with van der Waals surface area (Å²) in [5, 5.41) is 3.08. The molecule has 0 spiro atoms. The van der Waals surface area contributed by atoms with Gasteiger partial charge in [0.25, 0.3) is 5.91 Å². The average Bonchev–Trinajstić information content (AvgIpc) is 2.54. The molecule has 0 saturated heterocycles. The fourth-order valence-corrected chi connectivity index (χ4v) is 2.48. The third-order valence-electron chi connectivity index (χ3n) is 3.34. The largest absolute Gasteiger partial charge is 0.482 e. The zero-order chi connectivity index (χ0) is 17.5. The minimum absolute atomic E-state index is 0.135. The van der Waals surface area contributed by atoms with Crippen molar-refractivity contribution >= 4 is 17.5 Å². The Bertz CT molecular complexity index is 680. The van der Waals surface area contributed by atoms with E-state index in [1.807, 2.05) is 49.3 Å². The number of hydrogen-bond donors (Lipinski definition) is 1. The predicted octanol–water partition coefficient (Wildman–Crippen LogP) is 3.28. The molecule has 0 aromatic heterocycles. The molecule has 0 aliphatic carbocycles. The van der Waals surface area contributed by atoms with Crippen LogP contribution in [-0.2, 0) is 4.79 Å². The summed E-state index contributed by atoms with van der Waals surface area (Å²) in [6.45, 7) is 0.467. The third kappa shape index (κ3) is 5.51. The highest BCUT2D eigenvalue weighted by Gasteiger charge is 2.16. The van der Waals surface area contributed by atoms with Crippen molar-refractivity contribution in [2.75, 3.05) is 27.2 Å². The molecule has 0 fully saturated rings. The molecule has 128 valence electrons. The van der Waals surface area contributed by atoms with Crippen LogP contribution in [0.3, 0.4) is 0 Å². The molecule has 0 saturated carbocycles. The SMILES string of the molecule is CN(C)C[C@@H](NC(=O)COc1ccc(F)cc1Cl)c1ccccc1. The quantitative estimate of drug-likeness (QED) is 0.833. The number of carbonyl (C=O) groups excluding carboxylic acids is 1. The van der Waals surface area contributed by atoms with Gasteiger partial charge in [-0.25, -0.2) is 4.39 Å². The summed E-state index contributed by atoms with van der Waals surface area (Å²) in [5.41, 5.74) is 1.01. The van der Waals surface area contributed by atoms with Crippen LogP contribution in [0, 0.1) is 5.82 Å². The Morgan fingerprint density at radius 3 is 2.58 bits per heavy atom. The van der Waals surface area contributed by atoms with Crippen molar-refractivity contribution in [2.24, 2.45) is 0 Å². The molecule has 2 aromatic carbocycles. The van der Waals surface area contributed by atoms with E-state index in [1.165, 1.54) is 12.1 Å². The Labute approximate surface area is 146 Å². The van der Waals surface area contributed by atoms with E-state index in [1.54, 1.807) is 0 Å². The standard InChI is InChI=1S/C18H20ClFN2O2/c1-22(2)11-16(13-6-4-3-5-7-13)21-18(23)12-24-17-9-8-14(20)10-15(17)19/h3-10,16H,11-12H2,1-2H3,(H,21,23)/t16-/m1/s1. The monoisotopic (exact) mass is 350 g/mol. The Hall–Kier alpha value is -2.11. The number of halogens is 2. The van der Waals surface area contributed by atoms with Crippen molar-refractivity contribution < 1.29 is 13.9 Å². The van der Waals surface area contributed by atoms with Crippen molar-refractivity contribution in [1.82, 2.24) is 10.2 Å². The lowest BCUT2D eigenvalue weighted by Gasteiger charge is -2.23. The number of rotatable bonds is 7. The molecule has 0 aliphatic heterocycles. The summed E-state index contributed by atoms with van der Waals surface area (Å²) >= 11 is 5.88. The van der Waals surface area contributed by atoms with Gasteiger partial charge in [0, 0.05) is 6.54 Å². The number of hydrogen-bond acceptors (Lipinski definition) is 3. The lowest BCUT2D eigenvalue weighted by molar-refractivity contribution is -0.123. The molecule has 2 aromatic rings. The minimum atomic E-state index is -0.452. The first-order valence-electron chi connectivity index (χ1n) is 7.52. The maximum absolute atomic E-state index is 13.0. The molecule has 0 aliphatic rings. The normalized spacial score (nSPS) is 12.0. The Morgan fingerprint density at radius 1 is 1.25 bits per heavy atom. The molecule has 24 heavy (non-hydrogen) atoms. The first kappa shape index (κ1) is 18.2. The number of carbonyl (C=O) groups is 1. The number of nitrogens with zero attached hydrogens (tertiary/aromatic N) is 1. The van der Waals surface area contributed by atoms with E-state index in [2.05, 4.69) is 5.32 Å². The fourth-order valence-electron chi connectivity index (χ4n) is 2.26. The van der Waals surface area contributed by atoms with Crippen molar-refractivity contribution in [2.45, 2.75) is 6.04 Å². The molecule has 0 radical (unpaired) electrons. The summed E-state index contributed by atoms with van der Waals surface area (Å²) in [7, 11) is 3.88. The van der Waals surface area contributed by atoms with Crippen LogP contribution < -0.4 is 10.1 Å². The Morgan fingerprint density at radius 2 is 1.96 bits per heavy atom. The van der Waals surface area contributed by atoms with Gasteiger partial charge in [0.05, 0.1) is 11.1 Å². The van der Waals surface area contributed by atoms with E-state index in [-0.39, 0.29) is 29.3 Å². The highest BCUT2D eigenvalue weighted by Crippen LogP contribution is 2.24. The van der Waals surface area contributed by atoms with Crippen molar-refractivity contribution in [3.63, 3.8) is 0 Å². The molecule has 0 unspecified atom stereocenters. The molecule has 0 bridgehead atoms.